The largest absolute Gasteiger partial charge is 0.480 e. The number of rotatable bonds is 6. The fourth-order valence-electron chi connectivity index (χ4n) is 1.42. The van der Waals surface area contributed by atoms with Crippen molar-refractivity contribution in [3.05, 3.63) is 29.0 Å². The van der Waals surface area contributed by atoms with Gasteiger partial charge >= 0.3 is 5.97 Å². The van der Waals surface area contributed by atoms with Gasteiger partial charge in [-0.3, -0.25) is 9.59 Å². The van der Waals surface area contributed by atoms with Crippen LogP contribution in [0.15, 0.2) is 18.3 Å². The lowest BCUT2D eigenvalue weighted by atomic mass is 10.2. The smallest absolute Gasteiger partial charge is 0.323 e. The molecular weight excluding hydrogens is 270 g/mol. The number of carboxylic acid groups (broad SMARTS) is 1. The monoisotopic (exact) mass is 285 g/mol. The third-order valence-electron chi connectivity index (χ3n) is 2.40. The lowest BCUT2D eigenvalue weighted by molar-refractivity contribution is -0.137. The number of hydrogen-bond acceptors (Lipinski definition) is 4. The van der Waals surface area contributed by atoms with Gasteiger partial charge in [-0.05, 0) is 26.2 Å². The highest BCUT2D eigenvalue weighted by molar-refractivity contribution is 6.29. The molecule has 0 aliphatic rings. The van der Waals surface area contributed by atoms with Crippen LogP contribution in [-0.2, 0) is 4.79 Å². The Morgan fingerprint density at radius 2 is 2.00 bits per heavy atom. The second-order valence-electron chi connectivity index (χ2n) is 4.29. The molecule has 0 spiro atoms. The van der Waals surface area contributed by atoms with E-state index in [9.17, 15) is 9.59 Å². The fraction of sp³-hybridized carbons (Fsp3) is 0.417. The number of amides is 1. The Bertz CT molecular complexity index is 448. The van der Waals surface area contributed by atoms with E-state index in [0.29, 0.717) is 18.7 Å². The predicted molar refractivity (Wildman–Crippen MR) is 71.3 cm³/mol. The number of nitrogens with zero attached hydrogens (tertiary/aromatic N) is 3. The Labute approximate surface area is 116 Å². The normalized spacial score (nSPS) is 10.5. The minimum Gasteiger partial charge on any atom is -0.480 e. The molecule has 7 heteroatoms. The van der Waals surface area contributed by atoms with Crippen molar-refractivity contribution in [3.8, 4) is 0 Å². The first-order valence-corrected chi connectivity index (χ1v) is 6.05. The van der Waals surface area contributed by atoms with Gasteiger partial charge in [0.1, 0.15) is 11.7 Å². The summed E-state index contributed by atoms with van der Waals surface area (Å²) in [6.45, 7) is 0.579. The van der Waals surface area contributed by atoms with Gasteiger partial charge < -0.3 is 14.9 Å². The molecule has 1 aromatic heterocycles. The Hall–Kier alpha value is -1.66. The van der Waals surface area contributed by atoms with E-state index < -0.39 is 5.97 Å². The molecule has 104 valence electrons. The Balaban J connectivity index is 2.80. The molecule has 0 aliphatic carbocycles. The topological polar surface area (TPSA) is 73.7 Å². The zero-order valence-corrected chi connectivity index (χ0v) is 11.6. The van der Waals surface area contributed by atoms with Crippen LogP contribution in [0.1, 0.15) is 10.4 Å². The van der Waals surface area contributed by atoms with Gasteiger partial charge in [0.05, 0.1) is 5.56 Å². The molecule has 0 unspecified atom stereocenters. The van der Waals surface area contributed by atoms with Crippen molar-refractivity contribution in [2.45, 2.75) is 0 Å². The minimum atomic E-state index is -1.05. The number of pyridine rings is 1. The maximum absolute atomic E-state index is 12.2. The molecule has 1 heterocycles. The van der Waals surface area contributed by atoms with Crippen LogP contribution < -0.4 is 0 Å². The summed E-state index contributed by atoms with van der Waals surface area (Å²) < 4.78 is 0. The van der Waals surface area contributed by atoms with Crippen molar-refractivity contribution in [2.75, 3.05) is 33.7 Å². The molecule has 1 N–H and O–H groups in total. The number of carbonyl (C=O) groups excluding carboxylic acids is 1. The predicted octanol–water partition coefficient (Wildman–Crippen LogP) is 0.823. The maximum Gasteiger partial charge on any atom is 0.323 e. The number of aromatic nitrogens is 1. The van der Waals surface area contributed by atoms with Crippen LogP contribution in [0.5, 0.6) is 0 Å². The summed E-state index contributed by atoms with van der Waals surface area (Å²) in [6.07, 6.45) is 1.34. The molecule has 1 aromatic rings. The van der Waals surface area contributed by atoms with Crippen LogP contribution in [0.3, 0.4) is 0 Å². The molecule has 0 saturated heterocycles. The van der Waals surface area contributed by atoms with Crippen LogP contribution in [-0.4, -0.2) is 65.5 Å². The highest BCUT2D eigenvalue weighted by Gasteiger charge is 2.18. The number of carboxylic acids is 1. The Morgan fingerprint density at radius 3 is 2.47 bits per heavy atom. The van der Waals surface area contributed by atoms with E-state index in [-0.39, 0.29) is 17.6 Å². The summed E-state index contributed by atoms with van der Waals surface area (Å²) in [5.74, 6) is -1.41. The van der Waals surface area contributed by atoms with E-state index in [4.69, 9.17) is 16.7 Å². The molecule has 0 bridgehead atoms. The number of hydrogen-bond donors (Lipinski definition) is 1. The van der Waals surface area contributed by atoms with Gasteiger partial charge in [-0.25, -0.2) is 4.98 Å². The van der Waals surface area contributed by atoms with Crippen molar-refractivity contribution in [1.29, 1.82) is 0 Å². The maximum atomic E-state index is 12.2. The highest BCUT2D eigenvalue weighted by atomic mass is 35.5. The molecule has 19 heavy (non-hydrogen) atoms. The number of aliphatic carboxylic acids is 1. The van der Waals surface area contributed by atoms with Crippen LogP contribution in [0.4, 0.5) is 0 Å². The van der Waals surface area contributed by atoms with Crippen molar-refractivity contribution in [3.63, 3.8) is 0 Å². The lowest BCUT2D eigenvalue weighted by Crippen LogP contribution is -2.40. The van der Waals surface area contributed by atoms with E-state index in [1.54, 1.807) is 0 Å². The van der Waals surface area contributed by atoms with Gasteiger partial charge in [0.25, 0.3) is 5.91 Å². The van der Waals surface area contributed by atoms with Crippen LogP contribution in [0.2, 0.25) is 5.15 Å². The number of likely N-dealkylation sites (N-methyl/N-ethyl adjacent to an activating group) is 1. The first-order valence-electron chi connectivity index (χ1n) is 5.67. The van der Waals surface area contributed by atoms with Gasteiger partial charge in [0.2, 0.25) is 0 Å². The van der Waals surface area contributed by atoms with Crippen molar-refractivity contribution in [1.82, 2.24) is 14.8 Å². The standard InChI is InChI=1S/C12H16ClN3O3/c1-15(2)5-6-16(8-11(17)18)12(19)9-3-4-10(13)14-7-9/h3-4,7H,5-6,8H2,1-2H3,(H,17,18). The molecule has 0 saturated carbocycles. The first kappa shape index (κ1) is 15.4. The van der Waals surface area contributed by atoms with Crippen molar-refractivity contribution in [2.24, 2.45) is 0 Å². The molecule has 0 aliphatic heterocycles. The van der Waals surface area contributed by atoms with Crippen molar-refractivity contribution < 1.29 is 14.7 Å². The quantitative estimate of drug-likeness (QED) is 0.784. The molecular formula is C12H16ClN3O3. The average Bonchev–Trinajstić information content (AvgIpc) is 2.34. The van der Waals surface area contributed by atoms with Crippen LogP contribution in [0, 0.1) is 0 Å². The molecule has 6 nitrogen and oxygen atoms in total. The molecule has 1 rings (SSSR count). The summed E-state index contributed by atoms with van der Waals surface area (Å²) in [5, 5.41) is 9.13. The Morgan fingerprint density at radius 1 is 1.32 bits per heavy atom. The summed E-state index contributed by atoms with van der Waals surface area (Å²) in [6, 6.07) is 3.03. The van der Waals surface area contributed by atoms with E-state index in [2.05, 4.69) is 4.98 Å². The van der Waals surface area contributed by atoms with Gasteiger partial charge in [0.15, 0.2) is 0 Å². The van der Waals surface area contributed by atoms with Gasteiger partial charge in [-0.15, -0.1) is 0 Å². The second kappa shape index (κ2) is 7.06. The number of carbonyl (C=O) groups is 2. The van der Waals surface area contributed by atoms with E-state index in [1.165, 1.54) is 23.2 Å². The first-order chi connectivity index (χ1) is 8.90. The zero-order valence-electron chi connectivity index (χ0n) is 10.8. The van der Waals surface area contributed by atoms with E-state index in [0.717, 1.165) is 0 Å². The van der Waals surface area contributed by atoms with Crippen molar-refractivity contribution >= 4 is 23.5 Å². The molecule has 0 atom stereocenters. The third kappa shape index (κ3) is 5.23. The second-order valence-corrected chi connectivity index (χ2v) is 4.68. The van der Waals surface area contributed by atoms with Gasteiger partial charge in [-0.2, -0.15) is 0 Å². The third-order valence-corrected chi connectivity index (χ3v) is 2.63. The van der Waals surface area contributed by atoms with Gasteiger partial charge in [0, 0.05) is 19.3 Å². The van der Waals surface area contributed by atoms with E-state index >= 15 is 0 Å². The molecule has 0 aromatic carbocycles. The summed E-state index contributed by atoms with van der Waals surface area (Å²) in [4.78, 5) is 29.9. The number of halogens is 1. The SMILES string of the molecule is CN(C)CCN(CC(=O)O)C(=O)c1ccc(Cl)nc1. The fourth-order valence-corrected chi connectivity index (χ4v) is 1.53. The van der Waals surface area contributed by atoms with Crippen LogP contribution >= 0.6 is 11.6 Å². The molecule has 1 amide bonds. The average molecular weight is 286 g/mol. The van der Waals surface area contributed by atoms with Crippen LogP contribution in [0.25, 0.3) is 0 Å². The lowest BCUT2D eigenvalue weighted by Gasteiger charge is -2.22. The zero-order chi connectivity index (χ0) is 14.4. The summed E-state index contributed by atoms with van der Waals surface area (Å²) >= 11 is 5.65. The van der Waals surface area contributed by atoms with E-state index in [1.807, 2.05) is 19.0 Å². The minimum absolute atomic E-state index is 0.287. The molecule has 0 fully saturated rings. The highest BCUT2D eigenvalue weighted by Crippen LogP contribution is 2.08. The Kier molecular flexibility index (Phi) is 5.72. The summed E-state index contributed by atoms with van der Waals surface area (Å²) in [5.41, 5.74) is 0.324. The van der Waals surface area contributed by atoms with Gasteiger partial charge in [-0.1, -0.05) is 11.6 Å². The molecule has 0 radical (unpaired) electrons. The summed E-state index contributed by atoms with van der Waals surface area (Å²) in [7, 11) is 3.71.